The van der Waals surface area contributed by atoms with E-state index < -0.39 is 0 Å². The van der Waals surface area contributed by atoms with E-state index in [0.717, 1.165) is 30.3 Å². The molecule has 0 unspecified atom stereocenters. The molecule has 0 spiro atoms. The van der Waals surface area contributed by atoms with E-state index in [4.69, 9.17) is 11.6 Å². The molecule has 1 heterocycles. The third-order valence-corrected chi connectivity index (χ3v) is 4.18. The molecule has 2 rings (SSSR count). The number of aromatic nitrogens is 1. The van der Waals surface area contributed by atoms with Crippen molar-refractivity contribution < 1.29 is 4.79 Å². The van der Waals surface area contributed by atoms with Gasteiger partial charge in [0.15, 0.2) is 0 Å². The van der Waals surface area contributed by atoms with Crippen molar-refractivity contribution in [2.24, 2.45) is 0 Å². The lowest BCUT2D eigenvalue weighted by Gasteiger charge is -2.37. The molecule has 98 valence electrons. The molecular weight excluding hydrogens is 316 g/mol. The van der Waals surface area contributed by atoms with Gasteiger partial charge in [0.05, 0.1) is 0 Å². The molecule has 0 saturated heterocycles. The van der Waals surface area contributed by atoms with Crippen LogP contribution < -0.4 is 0 Å². The highest BCUT2D eigenvalue weighted by atomic mass is 79.9. The fourth-order valence-electron chi connectivity index (χ4n) is 2.06. The first kappa shape index (κ1) is 13.8. The highest BCUT2D eigenvalue weighted by molar-refractivity contribution is 9.10. The van der Waals surface area contributed by atoms with Gasteiger partial charge in [0, 0.05) is 29.1 Å². The number of halogens is 2. The molecule has 1 aromatic rings. The molecule has 1 amide bonds. The van der Waals surface area contributed by atoms with Crippen molar-refractivity contribution in [2.75, 3.05) is 12.4 Å². The molecular formula is C13H16BrClN2O. The molecule has 18 heavy (non-hydrogen) atoms. The Morgan fingerprint density at radius 1 is 1.56 bits per heavy atom. The number of nitrogens with zero attached hydrogens (tertiary/aromatic N) is 2. The fourth-order valence-corrected chi connectivity index (χ4v) is 2.60. The van der Waals surface area contributed by atoms with Gasteiger partial charge in [-0.3, -0.25) is 4.79 Å². The normalized spacial score (nSPS) is 15.2. The monoisotopic (exact) mass is 330 g/mol. The summed E-state index contributed by atoms with van der Waals surface area (Å²) >= 11 is 9.12. The van der Waals surface area contributed by atoms with E-state index in [2.05, 4.69) is 20.9 Å². The van der Waals surface area contributed by atoms with Gasteiger partial charge in [-0.1, -0.05) is 0 Å². The van der Waals surface area contributed by atoms with Crippen LogP contribution in [-0.4, -0.2) is 34.3 Å². The standard InChI is InChI=1S/C13H16BrClN2O/c14-11-6-2-8-16-12(11)13(18)17(9-3-7-15)10-4-1-5-10/h2,6,8,10H,1,3-5,7,9H2. The van der Waals surface area contributed by atoms with Crippen LogP contribution in [0.15, 0.2) is 22.8 Å². The Morgan fingerprint density at radius 3 is 2.89 bits per heavy atom. The summed E-state index contributed by atoms with van der Waals surface area (Å²) in [4.78, 5) is 18.6. The average molecular weight is 332 g/mol. The van der Waals surface area contributed by atoms with Gasteiger partial charge in [-0.05, 0) is 53.7 Å². The maximum absolute atomic E-state index is 12.5. The zero-order valence-corrected chi connectivity index (χ0v) is 12.5. The van der Waals surface area contributed by atoms with E-state index >= 15 is 0 Å². The van der Waals surface area contributed by atoms with Crippen LogP contribution in [0.3, 0.4) is 0 Å². The lowest BCUT2D eigenvalue weighted by Crippen LogP contribution is -2.45. The minimum atomic E-state index is 0.0114. The van der Waals surface area contributed by atoms with E-state index in [1.54, 1.807) is 6.20 Å². The predicted molar refractivity (Wildman–Crippen MR) is 75.9 cm³/mol. The Balaban J connectivity index is 2.14. The van der Waals surface area contributed by atoms with Crippen LogP contribution in [-0.2, 0) is 0 Å². The summed E-state index contributed by atoms with van der Waals surface area (Å²) in [6, 6.07) is 4.03. The van der Waals surface area contributed by atoms with Crippen LogP contribution in [0.2, 0.25) is 0 Å². The van der Waals surface area contributed by atoms with Crippen molar-refractivity contribution in [3.05, 3.63) is 28.5 Å². The zero-order chi connectivity index (χ0) is 13.0. The van der Waals surface area contributed by atoms with Crippen molar-refractivity contribution in [1.29, 1.82) is 0 Å². The molecule has 3 nitrogen and oxygen atoms in total. The molecule has 0 radical (unpaired) electrons. The van der Waals surface area contributed by atoms with Crippen LogP contribution in [0.1, 0.15) is 36.2 Å². The largest absolute Gasteiger partial charge is 0.334 e. The Morgan fingerprint density at radius 2 is 2.33 bits per heavy atom. The fraction of sp³-hybridized carbons (Fsp3) is 0.538. The van der Waals surface area contributed by atoms with E-state index in [1.807, 2.05) is 17.0 Å². The Labute approximate surface area is 121 Å². The summed E-state index contributed by atoms with van der Waals surface area (Å²) in [5.74, 6) is 0.595. The van der Waals surface area contributed by atoms with Crippen molar-refractivity contribution >= 4 is 33.4 Å². The van der Waals surface area contributed by atoms with E-state index in [0.29, 0.717) is 17.6 Å². The molecule has 0 aliphatic heterocycles. The maximum Gasteiger partial charge on any atom is 0.273 e. The Hall–Kier alpha value is -0.610. The van der Waals surface area contributed by atoms with Crippen molar-refractivity contribution in [3.8, 4) is 0 Å². The second-order valence-electron chi connectivity index (χ2n) is 4.46. The highest BCUT2D eigenvalue weighted by Gasteiger charge is 2.30. The third kappa shape index (κ3) is 3.04. The topological polar surface area (TPSA) is 33.2 Å². The second-order valence-corrected chi connectivity index (χ2v) is 5.69. The lowest BCUT2D eigenvalue weighted by molar-refractivity contribution is 0.0573. The van der Waals surface area contributed by atoms with Gasteiger partial charge in [0.2, 0.25) is 0 Å². The van der Waals surface area contributed by atoms with Gasteiger partial charge in [-0.15, -0.1) is 11.6 Å². The molecule has 1 aromatic heterocycles. The first-order chi connectivity index (χ1) is 8.74. The second kappa shape index (κ2) is 6.53. The minimum Gasteiger partial charge on any atom is -0.334 e. The van der Waals surface area contributed by atoms with Gasteiger partial charge in [-0.2, -0.15) is 0 Å². The van der Waals surface area contributed by atoms with Crippen LogP contribution in [0.25, 0.3) is 0 Å². The summed E-state index contributed by atoms with van der Waals surface area (Å²) in [7, 11) is 0. The summed E-state index contributed by atoms with van der Waals surface area (Å²) in [5, 5.41) is 0. The van der Waals surface area contributed by atoms with Crippen LogP contribution in [0.5, 0.6) is 0 Å². The van der Waals surface area contributed by atoms with Crippen molar-refractivity contribution in [2.45, 2.75) is 31.7 Å². The van der Waals surface area contributed by atoms with Crippen LogP contribution in [0.4, 0.5) is 0 Å². The molecule has 1 aliphatic rings. The quantitative estimate of drug-likeness (QED) is 0.774. The molecule has 1 saturated carbocycles. The Kier molecular flexibility index (Phi) is 5.01. The van der Waals surface area contributed by atoms with Crippen molar-refractivity contribution in [3.63, 3.8) is 0 Å². The number of carbonyl (C=O) groups is 1. The van der Waals surface area contributed by atoms with Gasteiger partial charge in [-0.25, -0.2) is 4.98 Å². The summed E-state index contributed by atoms with van der Waals surface area (Å²) in [5.41, 5.74) is 0.499. The smallest absolute Gasteiger partial charge is 0.273 e. The number of hydrogen-bond donors (Lipinski definition) is 0. The SMILES string of the molecule is O=C(c1ncccc1Br)N(CCCCl)C1CCC1. The number of hydrogen-bond acceptors (Lipinski definition) is 2. The summed E-state index contributed by atoms with van der Waals surface area (Å²) < 4.78 is 0.755. The number of alkyl halides is 1. The molecule has 0 aromatic carbocycles. The van der Waals surface area contributed by atoms with E-state index in [9.17, 15) is 4.79 Å². The molecule has 0 N–H and O–H groups in total. The minimum absolute atomic E-state index is 0.0114. The number of carbonyl (C=O) groups excluding carboxylic acids is 1. The van der Waals surface area contributed by atoms with E-state index in [-0.39, 0.29) is 5.91 Å². The first-order valence-corrected chi connectivity index (χ1v) is 7.54. The van der Waals surface area contributed by atoms with Crippen LogP contribution in [0, 0.1) is 0 Å². The first-order valence-electron chi connectivity index (χ1n) is 6.21. The molecule has 0 atom stereocenters. The number of rotatable bonds is 5. The number of amides is 1. The maximum atomic E-state index is 12.5. The van der Waals surface area contributed by atoms with Gasteiger partial charge >= 0.3 is 0 Å². The third-order valence-electron chi connectivity index (χ3n) is 3.27. The highest BCUT2D eigenvalue weighted by Crippen LogP contribution is 2.27. The molecule has 1 aliphatic carbocycles. The van der Waals surface area contributed by atoms with Crippen molar-refractivity contribution in [1.82, 2.24) is 9.88 Å². The summed E-state index contributed by atoms with van der Waals surface area (Å²) in [6.45, 7) is 0.718. The molecule has 5 heteroatoms. The average Bonchev–Trinajstić information content (AvgIpc) is 2.32. The predicted octanol–water partition coefficient (Wildman–Crippen LogP) is 3.47. The number of pyridine rings is 1. The van der Waals surface area contributed by atoms with Crippen LogP contribution >= 0.6 is 27.5 Å². The molecule has 0 bridgehead atoms. The Bertz CT molecular complexity index is 423. The van der Waals surface area contributed by atoms with Gasteiger partial charge < -0.3 is 4.90 Å². The zero-order valence-electron chi connectivity index (χ0n) is 10.1. The summed E-state index contributed by atoms with van der Waals surface area (Å²) in [6.07, 6.45) is 5.88. The van der Waals surface area contributed by atoms with E-state index in [1.165, 1.54) is 6.42 Å². The lowest BCUT2D eigenvalue weighted by atomic mass is 9.91. The van der Waals surface area contributed by atoms with Gasteiger partial charge in [0.1, 0.15) is 5.69 Å². The molecule has 1 fully saturated rings. The van der Waals surface area contributed by atoms with Gasteiger partial charge in [0.25, 0.3) is 5.91 Å².